The minimum absolute atomic E-state index is 0.123. The second kappa shape index (κ2) is 6.53. The Morgan fingerprint density at radius 3 is 3.00 bits per heavy atom. The lowest BCUT2D eigenvalue weighted by atomic mass is 10.2. The number of furan rings is 1. The summed E-state index contributed by atoms with van der Waals surface area (Å²) in [5, 5.41) is 5.59. The van der Waals surface area contributed by atoms with Crippen LogP contribution in [0.1, 0.15) is 22.5 Å². The number of rotatable bonds is 4. The second-order valence-electron chi connectivity index (χ2n) is 5.25. The van der Waals surface area contributed by atoms with E-state index in [9.17, 15) is 9.59 Å². The van der Waals surface area contributed by atoms with Crippen molar-refractivity contribution in [2.75, 3.05) is 23.3 Å². The normalized spacial score (nSPS) is 14.5. The van der Waals surface area contributed by atoms with Gasteiger partial charge in [0.15, 0.2) is 0 Å². The van der Waals surface area contributed by atoms with Crippen molar-refractivity contribution >= 4 is 23.3 Å². The first-order chi connectivity index (χ1) is 11.2. The van der Waals surface area contributed by atoms with E-state index in [0.29, 0.717) is 30.1 Å². The zero-order valence-corrected chi connectivity index (χ0v) is 12.5. The highest BCUT2D eigenvalue weighted by atomic mass is 16.3. The molecule has 2 aromatic rings. The molecule has 0 spiro atoms. The molecular weight excluding hydrogens is 296 g/mol. The number of urea groups is 1. The zero-order chi connectivity index (χ0) is 16.2. The third kappa shape index (κ3) is 3.35. The number of anilines is 2. The fourth-order valence-electron chi connectivity index (χ4n) is 2.44. The fraction of sp³-hybridized carbons (Fsp3) is 0.250. The molecule has 1 aromatic heterocycles. The van der Waals surface area contributed by atoms with Crippen molar-refractivity contribution in [3.63, 3.8) is 0 Å². The Bertz CT molecular complexity index is 726. The summed E-state index contributed by atoms with van der Waals surface area (Å²) >= 11 is 0. The minimum atomic E-state index is -0.284. The van der Waals surface area contributed by atoms with Crippen LogP contribution in [0.25, 0.3) is 0 Å². The standard InChI is InChI=1S/C16H18N4O3/c17-9-14-7-11(10-23-14)15(21)19-12-3-1-4-13(8-12)20-6-2-5-18-16(20)22/h1,3-4,7-8,10H,2,5-6,9,17H2,(H,18,22)(H,19,21). The molecule has 2 heterocycles. The fourth-order valence-corrected chi connectivity index (χ4v) is 2.44. The molecule has 1 aromatic carbocycles. The lowest BCUT2D eigenvalue weighted by Gasteiger charge is -2.27. The van der Waals surface area contributed by atoms with Gasteiger partial charge in [-0.05, 0) is 30.7 Å². The Hall–Kier alpha value is -2.80. The Morgan fingerprint density at radius 2 is 2.26 bits per heavy atom. The molecule has 7 nitrogen and oxygen atoms in total. The van der Waals surface area contributed by atoms with Crippen LogP contribution in [0.5, 0.6) is 0 Å². The monoisotopic (exact) mass is 314 g/mol. The molecule has 4 N–H and O–H groups in total. The molecular formula is C16H18N4O3. The van der Waals surface area contributed by atoms with Crippen molar-refractivity contribution in [2.24, 2.45) is 5.73 Å². The van der Waals surface area contributed by atoms with E-state index in [1.165, 1.54) is 6.26 Å². The molecule has 3 amide bonds. The molecule has 0 radical (unpaired) electrons. The number of benzene rings is 1. The number of nitrogens with zero attached hydrogens (tertiary/aromatic N) is 1. The summed E-state index contributed by atoms with van der Waals surface area (Å²) in [6.07, 6.45) is 2.26. The lowest BCUT2D eigenvalue weighted by Crippen LogP contribution is -2.46. The summed E-state index contributed by atoms with van der Waals surface area (Å²) in [6, 6.07) is 8.66. The maximum Gasteiger partial charge on any atom is 0.321 e. The van der Waals surface area contributed by atoms with Gasteiger partial charge in [-0.1, -0.05) is 6.07 Å². The van der Waals surface area contributed by atoms with Crippen LogP contribution < -0.4 is 21.3 Å². The molecule has 1 fully saturated rings. The van der Waals surface area contributed by atoms with Crippen molar-refractivity contribution in [3.8, 4) is 0 Å². The van der Waals surface area contributed by atoms with Crippen LogP contribution in [0, 0.1) is 0 Å². The summed E-state index contributed by atoms with van der Waals surface area (Å²) in [7, 11) is 0. The van der Waals surface area contributed by atoms with Crippen molar-refractivity contribution in [2.45, 2.75) is 13.0 Å². The predicted molar refractivity (Wildman–Crippen MR) is 86.4 cm³/mol. The Balaban J connectivity index is 1.74. The topological polar surface area (TPSA) is 101 Å². The van der Waals surface area contributed by atoms with E-state index in [1.807, 2.05) is 6.07 Å². The first-order valence-electron chi connectivity index (χ1n) is 7.41. The SMILES string of the molecule is NCc1cc(C(=O)Nc2cccc(N3CCCNC3=O)c2)co1. The van der Waals surface area contributed by atoms with E-state index < -0.39 is 0 Å². The zero-order valence-electron chi connectivity index (χ0n) is 12.5. The van der Waals surface area contributed by atoms with Crippen LogP contribution in [-0.4, -0.2) is 25.0 Å². The third-order valence-electron chi connectivity index (χ3n) is 3.61. The predicted octanol–water partition coefficient (Wildman–Crippen LogP) is 1.91. The first kappa shape index (κ1) is 15.1. The van der Waals surface area contributed by atoms with Crippen molar-refractivity contribution in [3.05, 3.63) is 47.9 Å². The number of nitrogens with one attached hydrogen (secondary N) is 2. The molecule has 0 unspecified atom stereocenters. The van der Waals surface area contributed by atoms with Crippen LogP contribution in [0.3, 0.4) is 0 Å². The molecule has 0 bridgehead atoms. The molecule has 1 aliphatic rings. The Kier molecular flexibility index (Phi) is 4.29. The summed E-state index contributed by atoms with van der Waals surface area (Å²) in [5.41, 5.74) is 7.23. The Morgan fingerprint density at radius 1 is 1.39 bits per heavy atom. The summed E-state index contributed by atoms with van der Waals surface area (Å²) < 4.78 is 5.16. The lowest BCUT2D eigenvalue weighted by molar-refractivity contribution is 0.102. The van der Waals surface area contributed by atoms with Gasteiger partial charge in [-0.25, -0.2) is 4.79 Å². The van der Waals surface area contributed by atoms with Gasteiger partial charge >= 0.3 is 6.03 Å². The van der Waals surface area contributed by atoms with Crippen molar-refractivity contribution in [1.29, 1.82) is 0 Å². The van der Waals surface area contributed by atoms with Gasteiger partial charge in [0.1, 0.15) is 12.0 Å². The van der Waals surface area contributed by atoms with Gasteiger partial charge in [-0.15, -0.1) is 0 Å². The van der Waals surface area contributed by atoms with Crippen molar-refractivity contribution in [1.82, 2.24) is 5.32 Å². The van der Waals surface area contributed by atoms with Crippen LogP contribution in [0.2, 0.25) is 0 Å². The van der Waals surface area contributed by atoms with Crippen LogP contribution >= 0.6 is 0 Å². The van der Waals surface area contributed by atoms with Crippen LogP contribution in [-0.2, 0) is 6.54 Å². The summed E-state index contributed by atoms with van der Waals surface area (Å²) in [5.74, 6) is 0.266. The molecule has 0 atom stereocenters. The van der Waals surface area contributed by atoms with Crippen LogP contribution in [0.15, 0.2) is 41.0 Å². The molecule has 0 aliphatic carbocycles. The smallest absolute Gasteiger partial charge is 0.321 e. The minimum Gasteiger partial charge on any atom is -0.467 e. The average Bonchev–Trinajstić information content (AvgIpc) is 3.05. The van der Waals surface area contributed by atoms with Gasteiger partial charge in [0.05, 0.1) is 12.1 Å². The molecule has 120 valence electrons. The number of amides is 3. The quantitative estimate of drug-likeness (QED) is 0.802. The number of hydrogen-bond donors (Lipinski definition) is 3. The van der Waals surface area contributed by atoms with E-state index in [-0.39, 0.29) is 18.5 Å². The summed E-state index contributed by atoms with van der Waals surface area (Å²) in [6.45, 7) is 1.59. The highest BCUT2D eigenvalue weighted by Crippen LogP contribution is 2.22. The Labute approximate surface area is 133 Å². The van der Waals surface area contributed by atoms with Gasteiger partial charge in [0.2, 0.25) is 0 Å². The van der Waals surface area contributed by atoms with E-state index in [1.54, 1.807) is 29.2 Å². The van der Waals surface area contributed by atoms with E-state index in [2.05, 4.69) is 10.6 Å². The molecule has 1 aliphatic heterocycles. The first-order valence-corrected chi connectivity index (χ1v) is 7.41. The number of nitrogens with two attached hydrogens (primary N) is 1. The molecule has 7 heteroatoms. The van der Waals surface area contributed by atoms with E-state index in [4.69, 9.17) is 10.2 Å². The van der Waals surface area contributed by atoms with Gasteiger partial charge in [-0.3, -0.25) is 9.69 Å². The van der Waals surface area contributed by atoms with E-state index in [0.717, 1.165) is 12.1 Å². The highest BCUT2D eigenvalue weighted by Gasteiger charge is 2.19. The molecule has 1 saturated heterocycles. The van der Waals surface area contributed by atoms with E-state index >= 15 is 0 Å². The maximum atomic E-state index is 12.2. The number of hydrogen-bond acceptors (Lipinski definition) is 4. The second-order valence-corrected chi connectivity index (χ2v) is 5.25. The largest absolute Gasteiger partial charge is 0.467 e. The number of carbonyl (C=O) groups excluding carboxylic acids is 2. The number of carbonyl (C=O) groups is 2. The molecule has 3 rings (SSSR count). The molecule has 0 saturated carbocycles. The van der Waals surface area contributed by atoms with Gasteiger partial charge < -0.3 is 20.8 Å². The maximum absolute atomic E-state index is 12.2. The molecule has 23 heavy (non-hydrogen) atoms. The van der Waals surface area contributed by atoms with Gasteiger partial charge in [0.25, 0.3) is 5.91 Å². The van der Waals surface area contributed by atoms with Crippen molar-refractivity contribution < 1.29 is 14.0 Å². The summed E-state index contributed by atoms with van der Waals surface area (Å²) in [4.78, 5) is 25.7. The third-order valence-corrected chi connectivity index (χ3v) is 3.61. The average molecular weight is 314 g/mol. The van der Waals surface area contributed by atoms with Gasteiger partial charge in [0, 0.05) is 24.5 Å². The van der Waals surface area contributed by atoms with Gasteiger partial charge in [-0.2, -0.15) is 0 Å². The van der Waals surface area contributed by atoms with Crippen LogP contribution in [0.4, 0.5) is 16.2 Å². The highest BCUT2D eigenvalue weighted by molar-refractivity contribution is 6.04.